The van der Waals surface area contributed by atoms with Crippen LogP contribution in [0.15, 0.2) is 24.8 Å². The minimum Gasteiger partial charge on any atom is -0.331 e. The Morgan fingerprint density at radius 3 is 3.09 bits per heavy atom. The molecule has 0 aromatic carbocycles. The fourth-order valence-corrected chi connectivity index (χ4v) is 0.790. The van der Waals surface area contributed by atoms with Gasteiger partial charge in [-0.3, -0.25) is 5.10 Å². The smallest absolute Gasteiger partial charge is 0.204 e. The molecule has 2 rings (SSSR count). The summed E-state index contributed by atoms with van der Waals surface area (Å²) in [5, 5.41) is 9.47. The Balaban J connectivity index is 2.14. The lowest BCUT2D eigenvalue weighted by Gasteiger charge is -1.94. The number of aromatic amines is 2. The quantitative estimate of drug-likeness (QED) is 0.593. The van der Waals surface area contributed by atoms with E-state index in [0.29, 0.717) is 5.95 Å². The van der Waals surface area contributed by atoms with E-state index in [4.69, 9.17) is 0 Å². The fourth-order valence-electron chi connectivity index (χ4n) is 0.790. The Kier molecular flexibility index (Phi) is 1.33. The number of imidazole rings is 1. The molecule has 3 N–H and O–H groups in total. The van der Waals surface area contributed by atoms with Gasteiger partial charge in [0.05, 0.1) is 11.9 Å². The molecule has 0 saturated carbocycles. The number of rotatable bonds is 2. The highest BCUT2D eigenvalue weighted by molar-refractivity contribution is 5.49. The van der Waals surface area contributed by atoms with Crippen LogP contribution in [0.25, 0.3) is 0 Å². The molecule has 2 aromatic heterocycles. The molecule has 0 fully saturated rings. The first-order chi connectivity index (χ1) is 5.45. The highest BCUT2D eigenvalue weighted by Crippen LogP contribution is 2.07. The molecule has 0 bridgehead atoms. The van der Waals surface area contributed by atoms with E-state index in [1.165, 1.54) is 0 Å². The highest BCUT2D eigenvalue weighted by Gasteiger charge is 1.94. The van der Waals surface area contributed by atoms with Crippen LogP contribution in [0.3, 0.4) is 0 Å². The van der Waals surface area contributed by atoms with Gasteiger partial charge >= 0.3 is 0 Å². The Morgan fingerprint density at radius 1 is 1.45 bits per heavy atom. The summed E-state index contributed by atoms with van der Waals surface area (Å²) in [7, 11) is 0. The third-order valence-electron chi connectivity index (χ3n) is 1.26. The molecular weight excluding hydrogens is 142 g/mol. The van der Waals surface area contributed by atoms with Crippen LogP contribution in [0.5, 0.6) is 0 Å². The second kappa shape index (κ2) is 2.45. The summed E-state index contributed by atoms with van der Waals surface area (Å²) in [6.45, 7) is 0. The molecule has 2 aromatic rings. The van der Waals surface area contributed by atoms with Crippen molar-refractivity contribution in [2.24, 2.45) is 0 Å². The molecule has 56 valence electrons. The van der Waals surface area contributed by atoms with E-state index in [0.717, 1.165) is 5.69 Å². The Hall–Kier alpha value is -1.78. The summed E-state index contributed by atoms with van der Waals surface area (Å²) in [5.74, 6) is 0.714. The summed E-state index contributed by atoms with van der Waals surface area (Å²) in [6, 6.07) is 0. The maximum Gasteiger partial charge on any atom is 0.204 e. The predicted molar refractivity (Wildman–Crippen MR) is 40.5 cm³/mol. The summed E-state index contributed by atoms with van der Waals surface area (Å²) in [4.78, 5) is 6.89. The average Bonchev–Trinajstić information content (AvgIpc) is 2.60. The van der Waals surface area contributed by atoms with Crippen LogP contribution in [0.1, 0.15) is 0 Å². The molecule has 0 saturated heterocycles. The zero-order chi connectivity index (χ0) is 7.52. The van der Waals surface area contributed by atoms with Crippen molar-refractivity contribution in [2.75, 3.05) is 5.32 Å². The van der Waals surface area contributed by atoms with Gasteiger partial charge in [0, 0.05) is 18.6 Å². The third kappa shape index (κ3) is 1.21. The Bertz CT molecular complexity index is 263. The van der Waals surface area contributed by atoms with Gasteiger partial charge in [-0.2, -0.15) is 5.10 Å². The van der Waals surface area contributed by atoms with Crippen LogP contribution in [0, 0.1) is 0 Å². The monoisotopic (exact) mass is 149 g/mol. The van der Waals surface area contributed by atoms with Gasteiger partial charge in [0.2, 0.25) is 5.95 Å². The lowest BCUT2D eigenvalue weighted by molar-refractivity contribution is 1.09. The van der Waals surface area contributed by atoms with Crippen molar-refractivity contribution in [3.8, 4) is 0 Å². The zero-order valence-corrected chi connectivity index (χ0v) is 5.70. The van der Waals surface area contributed by atoms with Gasteiger partial charge in [0.15, 0.2) is 0 Å². The normalized spacial score (nSPS) is 9.82. The number of hydrogen-bond acceptors (Lipinski definition) is 3. The molecule has 0 atom stereocenters. The molecule has 0 aliphatic heterocycles. The van der Waals surface area contributed by atoms with Crippen molar-refractivity contribution < 1.29 is 0 Å². The number of H-pyrrole nitrogens is 2. The van der Waals surface area contributed by atoms with E-state index >= 15 is 0 Å². The van der Waals surface area contributed by atoms with Crippen LogP contribution in [0.4, 0.5) is 11.6 Å². The third-order valence-corrected chi connectivity index (χ3v) is 1.26. The summed E-state index contributed by atoms with van der Waals surface area (Å²) in [6.07, 6.45) is 6.87. The maximum absolute atomic E-state index is 3.98. The van der Waals surface area contributed by atoms with Crippen molar-refractivity contribution >= 4 is 11.6 Å². The molecular formula is C6H7N5. The first kappa shape index (κ1) is 5.96. The van der Waals surface area contributed by atoms with Crippen molar-refractivity contribution in [1.29, 1.82) is 0 Å². The van der Waals surface area contributed by atoms with E-state index < -0.39 is 0 Å². The van der Waals surface area contributed by atoms with Gasteiger partial charge in [-0.25, -0.2) is 4.98 Å². The molecule has 0 aliphatic rings. The first-order valence-corrected chi connectivity index (χ1v) is 3.20. The van der Waals surface area contributed by atoms with Crippen LogP contribution in [-0.4, -0.2) is 20.2 Å². The van der Waals surface area contributed by atoms with Gasteiger partial charge in [-0.15, -0.1) is 0 Å². The number of hydrogen-bond donors (Lipinski definition) is 3. The summed E-state index contributed by atoms with van der Waals surface area (Å²) >= 11 is 0. The van der Waals surface area contributed by atoms with Crippen LogP contribution in [0.2, 0.25) is 0 Å². The van der Waals surface area contributed by atoms with E-state index in [2.05, 4.69) is 25.5 Å². The standard InChI is InChI=1S/C6H7N5/c1-2-8-6(7-1)11-5-3-9-10-4-5/h1-4H,(H,9,10)(H2,7,8,11). The predicted octanol–water partition coefficient (Wildman–Crippen LogP) is 0.876. The van der Waals surface area contributed by atoms with Crippen molar-refractivity contribution in [2.45, 2.75) is 0 Å². The molecule has 5 heteroatoms. The van der Waals surface area contributed by atoms with E-state index in [1.807, 2.05) is 0 Å². The average molecular weight is 149 g/mol. The molecule has 0 radical (unpaired) electrons. The number of aromatic nitrogens is 4. The maximum atomic E-state index is 3.98. The van der Waals surface area contributed by atoms with Gasteiger partial charge in [-0.1, -0.05) is 0 Å². The SMILES string of the molecule is c1c[nH]c(Nc2cn[nH]c2)n1. The second-order valence-corrected chi connectivity index (χ2v) is 2.05. The van der Waals surface area contributed by atoms with E-state index in [1.54, 1.807) is 24.8 Å². The number of nitrogens with one attached hydrogen (secondary N) is 3. The van der Waals surface area contributed by atoms with E-state index in [9.17, 15) is 0 Å². The first-order valence-electron chi connectivity index (χ1n) is 3.20. The summed E-state index contributed by atoms with van der Waals surface area (Å²) in [5.41, 5.74) is 0.889. The molecule has 0 aliphatic carbocycles. The topological polar surface area (TPSA) is 69.4 Å². The molecule has 11 heavy (non-hydrogen) atoms. The number of anilines is 2. The molecule has 0 unspecified atom stereocenters. The minimum absolute atomic E-state index is 0.714. The number of nitrogens with zero attached hydrogens (tertiary/aromatic N) is 2. The summed E-state index contributed by atoms with van der Waals surface area (Å²) < 4.78 is 0. The Labute approximate surface area is 62.9 Å². The van der Waals surface area contributed by atoms with Crippen LogP contribution >= 0.6 is 0 Å². The molecule has 2 heterocycles. The molecule has 0 spiro atoms. The van der Waals surface area contributed by atoms with Gasteiger partial charge in [0.25, 0.3) is 0 Å². The van der Waals surface area contributed by atoms with E-state index in [-0.39, 0.29) is 0 Å². The van der Waals surface area contributed by atoms with Crippen LogP contribution in [-0.2, 0) is 0 Å². The Morgan fingerprint density at radius 2 is 2.45 bits per heavy atom. The van der Waals surface area contributed by atoms with Gasteiger partial charge in [0.1, 0.15) is 0 Å². The van der Waals surface area contributed by atoms with Crippen molar-refractivity contribution in [3.63, 3.8) is 0 Å². The van der Waals surface area contributed by atoms with Gasteiger partial charge in [-0.05, 0) is 0 Å². The largest absolute Gasteiger partial charge is 0.331 e. The second-order valence-electron chi connectivity index (χ2n) is 2.05. The molecule has 0 amide bonds. The fraction of sp³-hybridized carbons (Fsp3) is 0. The highest BCUT2D eigenvalue weighted by atomic mass is 15.2. The van der Waals surface area contributed by atoms with Crippen LogP contribution < -0.4 is 5.32 Å². The minimum atomic E-state index is 0.714. The lowest BCUT2D eigenvalue weighted by atomic mass is 10.6. The lowest BCUT2D eigenvalue weighted by Crippen LogP contribution is -1.89. The van der Waals surface area contributed by atoms with Crippen molar-refractivity contribution in [1.82, 2.24) is 20.2 Å². The van der Waals surface area contributed by atoms with Crippen molar-refractivity contribution in [3.05, 3.63) is 24.8 Å². The van der Waals surface area contributed by atoms with Gasteiger partial charge < -0.3 is 10.3 Å². The zero-order valence-electron chi connectivity index (χ0n) is 5.70. The molecule has 5 nitrogen and oxygen atoms in total.